The van der Waals surface area contributed by atoms with E-state index in [1.165, 1.54) is 25.5 Å². The number of carbonyl (C=O) groups is 1. The Morgan fingerprint density at radius 3 is 2.52 bits per heavy atom. The smallest absolute Gasteiger partial charge is 0.257 e. The number of benzene rings is 2. The summed E-state index contributed by atoms with van der Waals surface area (Å²) in [5, 5.41) is 5.49. The van der Waals surface area contributed by atoms with Gasteiger partial charge in [0.1, 0.15) is 11.5 Å². The molecular formula is C20H18BrN3O5S2. The van der Waals surface area contributed by atoms with Gasteiger partial charge in [0.25, 0.3) is 5.91 Å². The summed E-state index contributed by atoms with van der Waals surface area (Å²) in [6.45, 7) is 0.0485. The van der Waals surface area contributed by atoms with Crippen LogP contribution in [0.15, 0.2) is 74.6 Å². The molecule has 31 heavy (non-hydrogen) atoms. The molecule has 0 fully saturated rings. The molecule has 11 heteroatoms. The highest BCUT2D eigenvalue weighted by Gasteiger charge is 2.15. The number of methoxy groups -OCH3 is 1. The second kappa shape index (κ2) is 10.1. The van der Waals surface area contributed by atoms with E-state index in [-0.39, 0.29) is 16.6 Å². The Morgan fingerprint density at radius 2 is 1.90 bits per heavy atom. The molecule has 1 heterocycles. The summed E-state index contributed by atoms with van der Waals surface area (Å²) >= 11 is 8.49. The number of hydrogen-bond donors (Lipinski definition) is 3. The molecule has 1 amide bonds. The minimum Gasteiger partial charge on any atom is -0.496 e. The van der Waals surface area contributed by atoms with Crippen LogP contribution in [0.5, 0.6) is 5.75 Å². The maximum absolute atomic E-state index is 12.4. The van der Waals surface area contributed by atoms with Crippen LogP contribution >= 0.6 is 28.1 Å². The van der Waals surface area contributed by atoms with Gasteiger partial charge in [0.05, 0.1) is 29.3 Å². The molecular weight excluding hydrogens is 506 g/mol. The molecule has 0 aliphatic heterocycles. The maximum Gasteiger partial charge on any atom is 0.257 e. The van der Waals surface area contributed by atoms with E-state index in [0.717, 1.165) is 0 Å². The molecule has 2 aromatic carbocycles. The second-order valence-electron chi connectivity index (χ2n) is 6.19. The fraction of sp³-hybridized carbons (Fsp3) is 0.100. The first-order chi connectivity index (χ1) is 14.8. The molecule has 1 aromatic heterocycles. The summed E-state index contributed by atoms with van der Waals surface area (Å²) in [6.07, 6.45) is 1.47. The summed E-state index contributed by atoms with van der Waals surface area (Å²) in [6, 6.07) is 14.2. The lowest BCUT2D eigenvalue weighted by atomic mass is 10.2. The molecule has 0 spiro atoms. The van der Waals surface area contributed by atoms with Gasteiger partial charge in [0.2, 0.25) is 10.0 Å². The number of anilines is 1. The van der Waals surface area contributed by atoms with E-state index in [9.17, 15) is 13.2 Å². The Balaban J connectivity index is 1.58. The lowest BCUT2D eigenvalue weighted by Crippen LogP contribution is -2.34. The molecule has 0 aliphatic carbocycles. The standard InChI is InChI=1S/C20H18BrN3O5S2/c1-28-18-9-4-13(11-17(18)21)19(25)24-20(30)23-14-5-7-16(8-6-14)31(26,27)22-12-15-3-2-10-29-15/h2-11,22H,12H2,1H3,(H2,23,24,25,30). The van der Waals surface area contributed by atoms with Crippen molar-refractivity contribution in [3.8, 4) is 5.75 Å². The van der Waals surface area contributed by atoms with E-state index in [1.54, 1.807) is 42.5 Å². The van der Waals surface area contributed by atoms with Crippen molar-refractivity contribution in [1.29, 1.82) is 0 Å². The summed E-state index contributed by atoms with van der Waals surface area (Å²) in [4.78, 5) is 12.4. The van der Waals surface area contributed by atoms with Gasteiger partial charge >= 0.3 is 0 Å². The average Bonchev–Trinajstić information content (AvgIpc) is 3.26. The number of sulfonamides is 1. The van der Waals surface area contributed by atoms with Crippen LogP contribution in [0.3, 0.4) is 0 Å². The van der Waals surface area contributed by atoms with Gasteiger partial charge in [-0.15, -0.1) is 0 Å². The van der Waals surface area contributed by atoms with Crippen LogP contribution in [-0.2, 0) is 16.6 Å². The van der Waals surface area contributed by atoms with Gasteiger partial charge in [0.15, 0.2) is 5.11 Å². The summed E-state index contributed by atoms with van der Waals surface area (Å²) in [5.41, 5.74) is 0.909. The Bertz CT molecular complexity index is 1180. The van der Waals surface area contributed by atoms with Crippen LogP contribution in [-0.4, -0.2) is 26.5 Å². The molecule has 162 valence electrons. The Hall–Kier alpha value is -2.73. The predicted octanol–water partition coefficient (Wildman–Crippen LogP) is 3.66. The van der Waals surface area contributed by atoms with Crippen LogP contribution in [0.1, 0.15) is 16.1 Å². The van der Waals surface area contributed by atoms with Crippen LogP contribution in [0.4, 0.5) is 5.69 Å². The number of rotatable bonds is 7. The van der Waals surface area contributed by atoms with E-state index in [1.807, 2.05) is 0 Å². The number of carbonyl (C=O) groups excluding carboxylic acids is 1. The van der Waals surface area contributed by atoms with Crippen molar-refractivity contribution >= 4 is 54.9 Å². The molecule has 0 atom stereocenters. The van der Waals surface area contributed by atoms with Crippen LogP contribution in [0.2, 0.25) is 0 Å². The molecule has 0 saturated carbocycles. The Morgan fingerprint density at radius 1 is 1.16 bits per heavy atom. The molecule has 3 rings (SSSR count). The highest BCUT2D eigenvalue weighted by Crippen LogP contribution is 2.25. The first kappa shape index (κ1) is 22.9. The van der Waals surface area contributed by atoms with E-state index in [0.29, 0.717) is 27.2 Å². The number of furan rings is 1. The molecule has 0 unspecified atom stereocenters. The zero-order chi connectivity index (χ0) is 22.4. The van der Waals surface area contributed by atoms with E-state index < -0.39 is 15.9 Å². The minimum atomic E-state index is -3.70. The van der Waals surface area contributed by atoms with Gasteiger partial charge in [-0.2, -0.15) is 0 Å². The van der Waals surface area contributed by atoms with Gasteiger partial charge in [-0.05, 0) is 82.7 Å². The van der Waals surface area contributed by atoms with Crippen molar-refractivity contribution in [3.63, 3.8) is 0 Å². The van der Waals surface area contributed by atoms with E-state index in [2.05, 4.69) is 31.3 Å². The van der Waals surface area contributed by atoms with Gasteiger partial charge in [-0.1, -0.05) is 0 Å². The molecule has 0 aliphatic rings. The van der Waals surface area contributed by atoms with Gasteiger partial charge < -0.3 is 14.5 Å². The predicted molar refractivity (Wildman–Crippen MR) is 124 cm³/mol. The quantitative estimate of drug-likeness (QED) is 0.405. The minimum absolute atomic E-state index is 0.0485. The van der Waals surface area contributed by atoms with Crippen molar-refractivity contribution in [1.82, 2.24) is 10.0 Å². The zero-order valence-corrected chi connectivity index (χ0v) is 19.4. The fourth-order valence-corrected chi connectivity index (χ4v) is 4.27. The lowest BCUT2D eigenvalue weighted by molar-refractivity contribution is 0.0977. The van der Waals surface area contributed by atoms with Gasteiger partial charge in [-0.25, -0.2) is 13.1 Å². The van der Waals surface area contributed by atoms with E-state index in [4.69, 9.17) is 21.4 Å². The highest BCUT2D eigenvalue weighted by atomic mass is 79.9. The Kier molecular flexibility index (Phi) is 7.44. The maximum atomic E-state index is 12.4. The van der Waals surface area contributed by atoms with Crippen LogP contribution < -0.4 is 20.1 Å². The largest absolute Gasteiger partial charge is 0.496 e. The summed E-state index contributed by atoms with van der Waals surface area (Å²) in [5.74, 6) is 0.708. The fourth-order valence-electron chi connectivity index (χ4n) is 2.53. The number of amides is 1. The topological polar surface area (TPSA) is 110 Å². The third-order valence-corrected chi connectivity index (χ3v) is 6.32. The van der Waals surface area contributed by atoms with Crippen molar-refractivity contribution < 1.29 is 22.4 Å². The summed E-state index contributed by atoms with van der Waals surface area (Å²) in [7, 11) is -2.17. The third-order valence-electron chi connectivity index (χ3n) is 4.08. The first-order valence-corrected chi connectivity index (χ1v) is 11.5. The molecule has 8 nitrogen and oxygen atoms in total. The number of nitrogens with one attached hydrogen (secondary N) is 3. The number of hydrogen-bond acceptors (Lipinski definition) is 6. The van der Waals surface area contributed by atoms with E-state index >= 15 is 0 Å². The molecule has 0 bridgehead atoms. The number of ether oxygens (including phenoxy) is 1. The molecule has 3 aromatic rings. The van der Waals surface area contributed by atoms with Crippen molar-refractivity contribution in [3.05, 3.63) is 76.7 Å². The molecule has 3 N–H and O–H groups in total. The molecule has 0 saturated heterocycles. The first-order valence-electron chi connectivity index (χ1n) is 8.86. The van der Waals surface area contributed by atoms with Crippen molar-refractivity contribution in [2.45, 2.75) is 11.4 Å². The van der Waals surface area contributed by atoms with Gasteiger partial charge in [-0.3, -0.25) is 10.1 Å². The van der Waals surface area contributed by atoms with Crippen molar-refractivity contribution in [2.24, 2.45) is 0 Å². The van der Waals surface area contributed by atoms with Crippen LogP contribution in [0, 0.1) is 0 Å². The second-order valence-corrected chi connectivity index (χ2v) is 9.22. The number of halogens is 1. The van der Waals surface area contributed by atoms with Crippen molar-refractivity contribution in [2.75, 3.05) is 12.4 Å². The lowest BCUT2D eigenvalue weighted by Gasteiger charge is -2.11. The zero-order valence-electron chi connectivity index (χ0n) is 16.2. The van der Waals surface area contributed by atoms with Gasteiger partial charge in [0, 0.05) is 11.3 Å². The summed E-state index contributed by atoms with van der Waals surface area (Å²) < 4.78 is 38.1. The average molecular weight is 524 g/mol. The third kappa shape index (κ3) is 6.14. The molecule has 0 radical (unpaired) electrons. The SMILES string of the molecule is COc1ccc(C(=O)NC(=S)Nc2ccc(S(=O)(=O)NCc3ccco3)cc2)cc1Br. The Labute approximate surface area is 193 Å². The monoisotopic (exact) mass is 523 g/mol. The van der Waals surface area contributed by atoms with Crippen LogP contribution in [0.25, 0.3) is 0 Å². The number of thiocarbonyl (C=S) groups is 1. The highest BCUT2D eigenvalue weighted by molar-refractivity contribution is 9.10. The normalized spacial score (nSPS) is 11.0.